The lowest BCUT2D eigenvalue weighted by atomic mass is 10.3. The summed E-state index contributed by atoms with van der Waals surface area (Å²) in [5.74, 6) is 1.76. The molecule has 0 radical (unpaired) electrons. The van der Waals surface area contributed by atoms with Gasteiger partial charge in [-0.05, 0) is 36.2 Å². The van der Waals surface area contributed by atoms with E-state index in [0.29, 0.717) is 0 Å². The summed E-state index contributed by atoms with van der Waals surface area (Å²) in [6.45, 7) is 7.10. The van der Waals surface area contributed by atoms with E-state index in [4.69, 9.17) is 0 Å². The molecule has 1 N–H and O–H groups in total. The van der Waals surface area contributed by atoms with E-state index < -0.39 is 0 Å². The van der Waals surface area contributed by atoms with Crippen LogP contribution in [0, 0.1) is 0 Å². The maximum Gasteiger partial charge on any atom is 0.132 e. The smallest absolute Gasteiger partial charge is 0.132 e. The Morgan fingerprint density at radius 2 is 2.19 bits per heavy atom. The van der Waals surface area contributed by atoms with Crippen LogP contribution < -0.4 is 5.32 Å². The Morgan fingerprint density at radius 3 is 2.81 bits per heavy atom. The van der Waals surface area contributed by atoms with Crippen LogP contribution in [0.4, 0.5) is 5.82 Å². The van der Waals surface area contributed by atoms with Crippen molar-refractivity contribution in [3.05, 3.63) is 28.1 Å². The fraction of sp³-hybridized carbons (Fsp3) is 0.500. The van der Waals surface area contributed by atoms with Gasteiger partial charge in [0.15, 0.2) is 0 Å². The molecule has 0 fully saturated rings. The maximum absolute atomic E-state index is 4.44. The van der Waals surface area contributed by atoms with Gasteiger partial charge in [0.05, 0.1) is 0 Å². The summed E-state index contributed by atoms with van der Waals surface area (Å²) in [4.78, 5) is 8.76. The highest BCUT2D eigenvalue weighted by atomic mass is 79.9. The molecule has 0 aliphatic rings. The van der Waals surface area contributed by atoms with Crippen molar-refractivity contribution >= 4 is 21.7 Å². The van der Waals surface area contributed by atoms with Crippen LogP contribution in [0.2, 0.25) is 0 Å². The zero-order valence-electron chi connectivity index (χ0n) is 10.0. The van der Waals surface area contributed by atoms with Crippen molar-refractivity contribution in [2.24, 2.45) is 0 Å². The quantitative estimate of drug-likeness (QED) is 0.663. The number of rotatable bonds is 5. The molecule has 0 unspecified atom stereocenters. The molecule has 0 spiro atoms. The van der Waals surface area contributed by atoms with Gasteiger partial charge in [-0.2, -0.15) is 0 Å². The van der Waals surface area contributed by atoms with E-state index in [1.165, 1.54) is 5.57 Å². The second-order valence-corrected chi connectivity index (χ2v) is 4.72. The zero-order chi connectivity index (χ0) is 12.0. The highest BCUT2D eigenvalue weighted by molar-refractivity contribution is 9.10. The van der Waals surface area contributed by atoms with Crippen LogP contribution in [-0.4, -0.2) is 16.5 Å². The first-order chi connectivity index (χ1) is 7.61. The number of allylic oxidation sites excluding steroid dienone is 1. The van der Waals surface area contributed by atoms with Gasteiger partial charge in [0, 0.05) is 19.0 Å². The summed E-state index contributed by atoms with van der Waals surface area (Å²) < 4.78 is 0.839. The minimum atomic E-state index is 0.803. The van der Waals surface area contributed by atoms with Gasteiger partial charge in [0.1, 0.15) is 16.2 Å². The van der Waals surface area contributed by atoms with Crippen LogP contribution in [-0.2, 0) is 6.42 Å². The SMILES string of the molecule is CCCc1nc(Br)cc(NCC=C(C)C)n1. The molecule has 0 amide bonds. The molecule has 0 aliphatic carbocycles. The Balaban J connectivity index is 2.68. The van der Waals surface area contributed by atoms with E-state index in [9.17, 15) is 0 Å². The topological polar surface area (TPSA) is 37.8 Å². The van der Waals surface area contributed by atoms with Crippen LogP contribution in [0.15, 0.2) is 22.3 Å². The van der Waals surface area contributed by atoms with Crippen LogP contribution in [0.25, 0.3) is 0 Å². The third kappa shape index (κ3) is 4.75. The molecular weight excluding hydrogens is 266 g/mol. The van der Waals surface area contributed by atoms with Crippen molar-refractivity contribution < 1.29 is 0 Å². The first-order valence-corrected chi connectivity index (χ1v) is 6.31. The van der Waals surface area contributed by atoms with E-state index in [1.54, 1.807) is 0 Å². The highest BCUT2D eigenvalue weighted by Crippen LogP contribution is 2.13. The minimum absolute atomic E-state index is 0.803. The van der Waals surface area contributed by atoms with E-state index in [-0.39, 0.29) is 0 Å². The van der Waals surface area contributed by atoms with E-state index in [1.807, 2.05) is 6.07 Å². The third-order valence-corrected chi connectivity index (χ3v) is 2.41. The average molecular weight is 284 g/mol. The van der Waals surface area contributed by atoms with Gasteiger partial charge in [0.2, 0.25) is 0 Å². The van der Waals surface area contributed by atoms with Gasteiger partial charge in [-0.3, -0.25) is 0 Å². The van der Waals surface area contributed by atoms with E-state index in [2.05, 4.69) is 58.1 Å². The van der Waals surface area contributed by atoms with E-state index in [0.717, 1.165) is 35.6 Å². The number of hydrogen-bond donors (Lipinski definition) is 1. The second kappa shape index (κ2) is 6.63. The van der Waals surface area contributed by atoms with Crippen LogP contribution in [0.5, 0.6) is 0 Å². The summed E-state index contributed by atoms with van der Waals surface area (Å²) in [6, 6.07) is 1.90. The molecule has 1 rings (SSSR count). The first-order valence-electron chi connectivity index (χ1n) is 5.52. The van der Waals surface area contributed by atoms with Gasteiger partial charge in [-0.25, -0.2) is 9.97 Å². The molecule has 88 valence electrons. The second-order valence-electron chi connectivity index (χ2n) is 3.90. The Bertz CT molecular complexity index is 371. The number of nitrogens with zero attached hydrogens (tertiary/aromatic N) is 2. The number of hydrogen-bond acceptors (Lipinski definition) is 3. The standard InChI is InChI=1S/C12H18BrN3/c1-4-5-11-15-10(13)8-12(16-11)14-7-6-9(2)3/h6,8H,4-5,7H2,1-3H3,(H,14,15,16). The molecule has 0 aromatic carbocycles. The summed E-state index contributed by atoms with van der Waals surface area (Å²) in [5.41, 5.74) is 1.30. The largest absolute Gasteiger partial charge is 0.366 e. The van der Waals surface area contributed by atoms with Crippen molar-refractivity contribution in [3.8, 4) is 0 Å². The first kappa shape index (κ1) is 13.2. The summed E-state index contributed by atoms with van der Waals surface area (Å²) in [7, 11) is 0. The molecule has 0 aliphatic heterocycles. The molecule has 1 aromatic rings. The Kier molecular flexibility index (Phi) is 5.46. The van der Waals surface area contributed by atoms with Crippen molar-refractivity contribution in [2.45, 2.75) is 33.6 Å². The monoisotopic (exact) mass is 283 g/mol. The lowest BCUT2D eigenvalue weighted by Crippen LogP contribution is -2.04. The lowest BCUT2D eigenvalue weighted by Gasteiger charge is -2.05. The molecule has 4 heteroatoms. The normalized spacial score (nSPS) is 10.0. The lowest BCUT2D eigenvalue weighted by molar-refractivity contribution is 0.829. The Labute approximate surface area is 106 Å². The summed E-state index contributed by atoms with van der Waals surface area (Å²) in [6.07, 6.45) is 4.11. The molecule has 0 saturated heterocycles. The molecule has 0 bridgehead atoms. The number of anilines is 1. The fourth-order valence-electron chi connectivity index (χ4n) is 1.25. The minimum Gasteiger partial charge on any atom is -0.366 e. The van der Waals surface area contributed by atoms with Crippen LogP contribution in [0.3, 0.4) is 0 Å². The van der Waals surface area contributed by atoms with Gasteiger partial charge in [-0.15, -0.1) is 0 Å². The molecule has 1 aromatic heterocycles. The van der Waals surface area contributed by atoms with Crippen LogP contribution in [0.1, 0.15) is 33.0 Å². The fourth-order valence-corrected chi connectivity index (χ4v) is 1.67. The van der Waals surface area contributed by atoms with E-state index >= 15 is 0 Å². The number of aromatic nitrogens is 2. The van der Waals surface area contributed by atoms with Gasteiger partial charge in [0.25, 0.3) is 0 Å². The maximum atomic E-state index is 4.44. The van der Waals surface area contributed by atoms with Gasteiger partial charge < -0.3 is 5.32 Å². The zero-order valence-corrected chi connectivity index (χ0v) is 11.6. The molecule has 16 heavy (non-hydrogen) atoms. The Morgan fingerprint density at radius 1 is 1.44 bits per heavy atom. The molecule has 3 nitrogen and oxygen atoms in total. The molecule has 0 atom stereocenters. The summed E-state index contributed by atoms with van der Waals surface area (Å²) >= 11 is 3.40. The molecular formula is C12H18BrN3. The molecule has 1 heterocycles. The summed E-state index contributed by atoms with van der Waals surface area (Å²) in [5, 5.41) is 3.26. The highest BCUT2D eigenvalue weighted by Gasteiger charge is 2.01. The van der Waals surface area contributed by atoms with Crippen molar-refractivity contribution in [1.82, 2.24) is 9.97 Å². The van der Waals surface area contributed by atoms with Gasteiger partial charge >= 0.3 is 0 Å². The average Bonchev–Trinajstić information content (AvgIpc) is 2.16. The van der Waals surface area contributed by atoms with Crippen molar-refractivity contribution in [1.29, 1.82) is 0 Å². The van der Waals surface area contributed by atoms with Gasteiger partial charge in [-0.1, -0.05) is 18.6 Å². The third-order valence-electron chi connectivity index (χ3n) is 2.01. The Hall–Kier alpha value is -0.900. The van der Waals surface area contributed by atoms with Crippen molar-refractivity contribution in [3.63, 3.8) is 0 Å². The molecule has 0 saturated carbocycles. The predicted octanol–water partition coefficient (Wildman–Crippen LogP) is 3.57. The number of aryl methyl sites for hydroxylation is 1. The van der Waals surface area contributed by atoms with Crippen molar-refractivity contribution in [2.75, 3.05) is 11.9 Å². The predicted molar refractivity (Wildman–Crippen MR) is 71.6 cm³/mol. The number of nitrogens with one attached hydrogen (secondary N) is 1. The van der Waals surface area contributed by atoms with Crippen LogP contribution >= 0.6 is 15.9 Å². The number of halogens is 1.